The lowest BCUT2D eigenvalue weighted by molar-refractivity contribution is 0.0938. The smallest absolute Gasteiger partial charge is 0.319 e. The van der Waals surface area contributed by atoms with Crippen LogP contribution in [0.3, 0.4) is 0 Å². The highest BCUT2D eigenvalue weighted by Gasteiger charge is 2.42. The zero-order valence-corrected chi connectivity index (χ0v) is 14.0. The van der Waals surface area contributed by atoms with Crippen molar-refractivity contribution in [1.82, 2.24) is 14.7 Å². The van der Waals surface area contributed by atoms with Crippen LogP contribution in [0.2, 0.25) is 0 Å². The van der Waals surface area contributed by atoms with Crippen molar-refractivity contribution in [3.8, 4) is 0 Å². The molecule has 22 heavy (non-hydrogen) atoms. The van der Waals surface area contributed by atoms with Crippen LogP contribution in [0.15, 0.2) is 16.5 Å². The highest BCUT2D eigenvalue weighted by atomic mass is 16.3. The van der Waals surface area contributed by atoms with Gasteiger partial charge in [-0.05, 0) is 44.9 Å². The van der Waals surface area contributed by atoms with Gasteiger partial charge in [0, 0.05) is 39.1 Å². The van der Waals surface area contributed by atoms with Crippen LogP contribution in [0.4, 0.5) is 4.79 Å². The number of hydrogen-bond donors (Lipinski definition) is 0. The SMILES string of the molecule is Cc1ccc(CN2CC[C@]3(CCCN(C(=O)N(C)C)C3)C2)o1. The Morgan fingerprint density at radius 1 is 1.27 bits per heavy atom. The molecule has 0 aromatic carbocycles. The van der Waals surface area contributed by atoms with E-state index in [1.54, 1.807) is 4.90 Å². The minimum absolute atomic E-state index is 0.152. The highest BCUT2D eigenvalue weighted by molar-refractivity contribution is 5.74. The van der Waals surface area contributed by atoms with E-state index in [9.17, 15) is 4.79 Å². The molecule has 5 nitrogen and oxygen atoms in total. The van der Waals surface area contributed by atoms with E-state index in [2.05, 4.69) is 11.0 Å². The summed E-state index contributed by atoms with van der Waals surface area (Å²) in [5, 5.41) is 0. The Hall–Kier alpha value is -1.49. The van der Waals surface area contributed by atoms with Crippen LogP contribution in [-0.4, -0.2) is 61.0 Å². The summed E-state index contributed by atoms with van der Waals surface area (Å²) in [5.41, 5.74) is 0.283. The van der Waals surface area contributed by atoms with Crippen molar-refractivity contribution in [2.75, 3.05) is 40.3 Å². The van der Waals surface area contributed by atoms with E-state index < -0.39 is 0 Å². The van der Waals surface area contributed by atoms with Crippen LogP contribution in [0.25, 0.3) is 0 Å². The van der Waals surface area contributed by atoms with Crippen LogP contribution in [-0.2, 0) is 6.54 Å². The summed E-state index contributed by atoms with van der Waals surface area (Å²) >= 11 is 0. The second kappa shape index (κ2) is 5.95. The largest absolute Gasteiger partial charge is 0.465 e. The van der Waals surface area contributed by atoms with Gasteiger partial charge in [-0.25, -0.2) is 4.79 Å². The number of carbonyl (C=O) groups excluding carboxylic acids is 1. The van der Waals surface area contributed by atoms with Crippen molar-refractivity contribution >= 4 is 6.03 Å². The van der Waals surface area contributed by atoms with Gasteiger partial charge in [0.25, 0.3) is 0 Å². The fourth-order valence-corrected chi connectivity index (χ4v) is 3.94. The molecular formula is C17H27N3O2. The molecule has 0 unspecified atom stereocenters. The zero-order valence-electron chi connectivity index (χ0n) is 14.0. The molecule has 1 aromatic heterocycles. The second-order valence-corrected chi connectivity index (χ2v) is 7.18. The lowest BCUT2D eigenvalue weighted by Gasteiger charge is -2.41. The van der Waals surface area contributed by atoms with Crippen molar-refractivity contribution in [1.29, 1.82) is 0 Å². The van der Waals surface area contributed by atoms with Crippen molar-refractivity contribution < 1.29 is 9.21 Å². The summed E-state index contributed by atoms with van der Waals surface area (Å²) in [4.78, 5) is 18.4. The molecule has 1 atom stereocenters. The normalized spacial score (nSPS) is 25.9. The van der Waals surface area contributed by atoms with Crippen LogP contribution < -0.4 is 0 Å². The van der Waals surface area contributed by atoms with Gasteiger partial charge in [0.05, 0.1) is 6.54 Å². The molecule has 0 radical (unpaired) electrons. The predicted molar refractivity (Wildman–Crippen MR) is 85.7 cm³/mol. The highest BCUT2D eigenvalue weighted by Crippen LogP contribution is 2.39. The van der Waals surface area contributed by atoms with Gasteiger partial charge < -0.3 is 14.2 Å². The minimum atomic E-state index is 0.152. The first-order chi connectivity index (χ1) is 10.5. The van der Waals surface area contributed by atoms with E-state index in [4.69, 9.17) is 4.42 Å². The number of rotatable bonds is 2. The first-order valence-corrected chi connectivity index (χ1v) is 8.21. The maximum absolute atomic E-state index is 12.2. The third-order valence-corrected chi connectivity index (χ3v) is 5.01. The van der Waals surface area contributed by atoms with Gasteiger partial charge in [0.15, 0.2) is 0 Å². The molecule has 3 heterocycles. The Balaban J connectivity index is 1.61. The molecule has 0 saturated carbocycles. The van der Waals surface area contributed by atoms with Crippen molar-refractivity contribution in [3.63, 3.8) is 0 Å². The molecule has 2 fully saturated rings. The number of amides is 2. The Morgan fingerprint density at radius 2 is 2.09 bits per heavy atom. The fourth-order valence-electron chi connectivity index (χ4n) is 3.94. The summed E-state index contributed by atoms with van der Waals surface area (Å²) in [6.45, 7) is 6.85. The number of likely N-dealkylation sites (tertiary alicyclic amines) is 2. The number of nitrogens with zero attached hydrogens (tertiary/aromatic N) is 3. The molecular weight excluding hydrogens is 278 g/mol. The van der Waals surface area contributed by atoms with Gasteiger partial charge in [0.2, 0.25) is 0 Å². The van der Waals surface area contributed by atoms with E-state index in [0.717, 1.165) is 50.7 Å². The zero-order chi connectivity index (χ0) is 15.7. The lowest BCUT2D eigenvalue weighted by Crippen LogP contribution is -2.50. The van der Waals surface area contributed by atoms with Gasteiger partial charge in [-0.15, -0.1) is 0 Å². The number of furan rings is 1. The maximum atomic E-state index is 12.2. The van der Waals surface area contributed by atoms with Crippen LogP contribution in [0.1, 0.15) is 30.8 Å². The van der Waals surface area contributed by atoms with Crippen LogP contribution in [0, 0.1) is 12.3 Å². The summed E-state index contributed by atoms with van der Waals surface area (Å²) in [6.07, 6.45) is 3.54. The molecule has 2 aliphatic heterocycles. The number of urea groups is 1. The molecule has 1 aromatic rings. The van der Waals surface area contributed by atoms with E-state index in [1.165, 1.54) is 12.8 Å². The number of aryl methyl sites for hydroxylation is 1. The molecule has 0 N–H and O–H groups in total. The molecule has 5 heteroatoms. The topological polar surface area (TPSA) is 39.9 Å². The quantitative estimate of drug-likeness (QED) is 0.843. The lowest BCUT2D eigenvalue weighted by atomic mass is 9.79. The van der Waals surface area contributed by atoms with Crippen LogP contribution >= 0.6 is 0 Å². The molecule has 0 bridgehead atoms. The van der Waals surface area contributed by atoms with Crippen LogP contribution in [0.5, 0.6) is 0 Å². The van der Waals surface area contributed by atoms with Crippen molar-refractivity contribution in [2.45, 2.75) is 32.7 Å². The third kappa shape index (κ3) is 3.14. The van der Waals surface area contributed by atoms with Crippen molar-refractivity contribution in [3.05, 3.63) is 23.7 Å². The molecule has 3 rings (SSSR count). The molecule has 1 spiro atoms. The monoisotopic (exact) mass is 305 g/mol. The molecule has 122 valence electrons. The predicted octanol–water partition coefficient (Wildman–Crippen LogP) is 2.56. The third-order valence-electron chi connectivity index (χ3n) is 5.01. The summed E-state index contributed by atoms with van der Waals surface area (Å²) in [7, 11) is 3.67. The molecule has 2 aliphatic rings. The van der Waals surface area contributed by atoms with Gasteiger partial charge in [-0.2, -0.15) is 0 Å². The summed E-state index contributed by atoms with van der Waals surface area (Å²) < 4.78 is 5.70. The maximum Gasteiger partial charge on any atom is 0.319 e. The minimum Gasteiger partial charge on any atom is -0.465 e. The number of piperidine rings is 1. The van der Waals surface area contributed by atoms with Gasteiger partial charge >= 0.3 is 6.03 Å². The fraction of sp³-hybridized carbons (Fsp3) is 0.706. The molecule has 2 amide bonds. The average Bonchev–Trinajstić information content (AvgIpc) is 3.05. The Labute approximate surface area is 132 Å². The first kappa shape index (κ1) is 15.4. The van der Waals surface area contributed by atoms with E-state index >= 15 is 0 Å². The number of hydrogen-bond acceptors (Lipinski definition) is 3. The number of carbonyl (C=O) groups is 1. The Bertz CT molecular complexity index is 540. The Morgan fingerprint density at radius 3 is 2.77 bits per heavy atom. The first-order valence-electron chi connectivity index (χ1n) is 8.21. The molecule has 2 saturated heterocycles. The summed E-state index contributed by atoms with van der Waals surface area (Å²) in [5.74, 6) is 2.02. The van der Waals surface area contributed by atoms with E-state index in [-0.39, 0.29) is 11.4 Å². The summed E-state index contributed by atoms with van der Waals surface area (Å²) in [6, 6.07) is 4.25. The van der Waals surface area contributed by atoms with Gasteiger partial charge in [-0.1, -0.05) is 0 Å². The average molecular weight is 305 g/mol. The van der Waals surface area contributed by atoms with E-state index in [1.807, 2.05) is 32.0 Å². The van der Waals surface area contributed by atoms with Crippen molar-refractivity contribution in [2.24, 2.45) is 5.41 Å². The van der Waals surface area contributed by atoms with Gasteiger partial charge in [-0.3, -0.25) is 4.90 Å². The standard InChI is InChI=1S/C17H27N3O2/c1-14-5-6-15(22-14)11-19-10-8-17(12-19)7-4-9-20(13-17)16(21)18(2)3/h5-6H,4,7-13H2,1-3H3/t17-/m1/s1. The Kier molecular flexibility index (Phi) is 4.17. The second-order valence-electron chi connectivity index (χ2n) is 7.18. The van der Waals surface area contributed by atoms with Gasteiger partial charge in [0.1, 0.15) is 11.5 Å². The van der Waals surface area contributed by atoms with E-state index in [0.29, 0.717) is 0 Å². The molecule has 0 aliphatic carbocycles.